The molecule has 0 aromatic carbocycles. The van der Waals surface area contributed by atoms with E-state index in [1.54, 1.807) is 25.3 Å². The molecule has 0 amide bonds. The molecule has 0 radical (unpaired) electrons. The zero-order valence-corrected chi connectivity index (χ0v) is 9.40. The molecule has 4 heteroatoms. The molecule has 0 atom stereocenters. The number of furan rings is 1. The summed E-state index contributed by atoms with van der Waals surface area (Å²) in [7, 11) is 0. The molecule has 2 heterocycles. The van der Waals surface area contributed by atoms with Gasteiger partial charge in [-0.3, -0.25) is 14.6 Å². The lowest BCUT2D eigenvalue weighted by Crippen LogP contribution is -2.20. The highest BCUT2D eigenvalue weighted by Gasteiger charge is 2.34. The molecule has 0 spiro atoms. The highest BCUT2D eigenvalue weighted by atomic mass is 16.3. The van der Waals surface area contributed by atoms with Gasteiger partial charge in [0, 0.05) is 6.20 Å². The van der Waals surface area contributed by atoms with Gasteiger partial charge in [0.1, 0.15) is 11.5 Å². The third-order valence-electron chi connectivity index (χ3n) is 2.79. The highest BCUT2D eigenvalue weighted by molar-refractivity contribution is 6.26. The van der Waals surface area contributed by atoms with Crippen LogP contribution in [-0.4, -0.2) is 16.6 Å². The Morgan fingerprint density at radius 3 is 2.59 bits per heavy atom. The van der Waals surface area contributed by atoms with Crippen molar-refractivity contribution >= 4 is 11.6 Å². The Bertz CT molecular complexity index is 667. The monoisotopic (exact) mass is 227 g/mol. The second kappa shape index (κ2) is 3.13. The minimum Gasteiger partial charge on any atom is -0.457 e. The van der Waals surface area contributed by atoms with E-state index in [9.17, 15) is 9.59 Å². The summed E-state index contributed by atoms with van der Waals surface area (Å²) in [6, 6.07) is 3.29. The summed E-state index contributed by atoms with van der Waals surface area (Å²) in [6.45, 7) is 3.55. The van der Waals surface area contributed by atoms with Crippen molar-refractivity contribution in [1.29, 1.82) is 0 Å². The van der Waals surface area contributed by atoms with Crippen molar-refractivity contribution < 1.29 is 14.0 Å². The van der Waals surface area contributed by atoms with Crippen LogP contribution in [0.3, 0.4) is 0 Å². The molecule has 0 aliphatic heterocycles. The van der Waals surface area contributed by atoms with Crippen molar-refractivity contribution in [3.63, 3.8) is 0 Å². The Kier molecular flexibility index (Phi) is 1.84. The smallest absolute Gasteiger partial charge is 0.247 e. The largest absolute Gasteiger partial charge is 0.457 e. The third-order valence-corrected chi connectivity index (χ3v) is 2.79. The Balaban J connectivity index is 2.32. The maximum Gasteiger partial charge on any atom is 0.247 e. The Hall–Kier alpha value is -2.23. The van der Waals surface area contributed by atoms with Gasteiger partial charge in [0.25, 0.3) is 0 Å². The van der Waals surface area contributed by atoms with Crippen molar-refractivity contribution in [2.24, 2.45) is 0 Å². The van der Waals surface area contributed by atoms with Gasteiger partial charge in [0.2, 0.25) is 5.78 Å². The molecule has 84 valence electrons. The zero-order valence-electron chi connectivity index (χ0n) is 9.40. The predicted octanol–water partition coefficient (Wildman–Crippen LogP) is 2.07. The molecule has 1 aliphatic rings. The van der Waals surface area contributed by atoms with Crippen molar-refractivity contribution in [1.82, 2.24) is 4.98 Å². The average Bonchev–Trinajstić information content (AvgIpc) is 2.68. The van der Waals surface area contributed by atoms with E-state index >= 15 is 0 Å². The maximum absolute atomic E-state index is 12.2. The lowest BCUT2D eigenvalue weighted by atomic mass is 9.91. The number of carbonyl (C=O) groups excluding carboxylic acids is 2. The van der Waals surface area contributed by atoms with E-state index in [2.05, 4.69) is 4.98 Å². The summed E-state index contributed by atoms with van der Waals surface area (Å²) >= 11 is 0. The molecule has 0 unspecified atom stereocenters. The van der Waals surface area contributed by atoms with Crippen LogP contribution >= 0.6 is 0 Å². The lowest BCUT2D eigenvalue weighted by Gasteiger charge is -2.12. The summed E-state index contributed by atoms with van der Waals surface area (Å²) in [5.74, 6) is 0.155. The Morgan fingerprint density at radius 2 is 1.82 bits per heavy atom. The van der Waals surface area contributed by atoms with Crippen LogP contribution in [-0.2, 0) is 0 Å². The van der Waals surface area contributed by atoms with Gasteiger partial charge in [-0.2, -0.15) is 0 Å². The highest BCUT2D eigenvalue weighted by Crippen LogP contribution is 2.28. The minimum absolute atomic E-state index is 0.108. The number of aromatic nitrogens is 1. The Morgan fingerprint density at radius 1 is 1.06 bits per heavy atom. The molecule has 2 aromatic heterocycles. The fourth-order valence-corrected chi connectivity index (χ4v) is 2.03. The fraction of sp³-hybridized carbons (Fsp3) is 0.154. The van der Waals surface area contributed by atoms with Crippen molar-refractivity contribution in [3.8, 4) is 0 Å². The Labute approximate surface area is 97.3 Å². The summed E-state index contributed by atoms with van der Waals surface area (Å²) in [4.78, 5) is 28.3. The van der Waals surface area contributed by atoms with Gasteiger partial charge < -0.3 is 4.42 Å². The number of aryl methyl sites for hydroxylation is 2. The second-order valence-electron chi connectivity index (χ2n) is 4.17. The topological polar surface area (TPSA) is 60.2 Å². The SMILES string of the molecule is Cc1cnc2c(c1)C(=O)c1cc(C)oc1C2=O. The first-order chi connectivity index (χ1) is 8.08. The third kappa shape index (κ3) is 1.27. The minimum atomic E-state index is -0.317. The summed E-state index contributed by atoms with van der Waals surface area (Å²) < 4.78 is 5.27. The van der Waals surface area contributed by atoms with E-state index in [1.807, 2.05) is 6.92 Å². The van der Waals surface area contributed by atoms with Crippen molar-refractivity contribution in [3.05, 3.63) is 52.2 Å². The zero-order chi connectivity index (χ0) is 12.2. The van der Waals surface area contributed by atoms with Gasteiger partial charge in [0.15, 0.2) is 11.5 Å². The molecule has 1 aliphatic carbocycles. The molecule has 0 fully saturated rings. The van der Waals surface area contributed by atoms with E-state index in [-0.39, 0.29) is 23.0 Å². The van der Waals surface area contributed by atoms with E-state index in [4.69, 9.17) is 4.42 Å². The van der Waals surface area contributed by atoms with Gasteiger partial charge in [0.05, 0.1) is 11.1 Å². The normalized spacial score (nSPS) is 13.5. The van der Waals surface area contributed by atoms with Crippen LogP contribution < -0.4 is 0 Å². The first-order valence-electron chi connectivity index (χ1n) is 5.24. The van der Waals surface area contributed by atoms with Gasteiger partial charge in [-0.05, 0) is 31.5 Å². The number of hydrogen-bond acceptors (Lipinski definition) is 4. The molecule has 0 saturated heterocycles. The van der Waals surface area contributed by atoms with E-state index in [0.717, 1.165) is 5.56 Å². The van der Waals surface area contributed by atoms with Gasteiger partial charge in [-0.1, -0.05) is 0 Å². The summed E-state index contributed by atoms with van der Waals surface area (Å²) in [6.07, 6.45) is 1.57. The lowest BCUT2D eigenvalue weighted by molar-refractivity contribution is 0.0955. The second-order valence-corrected chi connectivity index (χ2v) is 4.17. The number of carbonyl (C=O) groups is 2. The number of fused-ring (bicyclic) bond motifs is 2. The molecular formula is C13H9NO3. The number of nitrogens with zero attached hydrogens (tertiary/aromatic N) is 1. The van der Waals surface area contributed by atoms with Crippen LogP contribution in [0.4, 0.5) is 0 Å². The van der Waals surface area contributed by atoms with Crippen LogP contribution in [0.2, 0.25) is 0 Å². The van der Waals surface area contributed by atoms with Crippen LogP contribution in [0.1, 0.15) is 43.5 Å². The van der Waals surface area contributed by atoms with Gasteiger partial charge >= 0.3 is 0 Å². The molecule has 3 rings (SSSR count). The quantitative estimate of drug-likeness (QED) is 0.589. The van der Waals surface area contributed by atoms with E-state index in [1.165, 1.54) is 0 Å². The van der Waals surface area contributed by atoms with Gasteiger partial charge in [-0.25, -0.2) is 0 Å². The van der Waals surface area contributed by atoms with Gasteiger partial charge in [-0.15, -0.1) is 0 Å². The molecule has 17 heavy (non-hydrogen) atoms. The van der Waals surface area contributed by atoms with Crippen LogP contribution in [0.25, 0.3) is 0 Å². The number of ketones is 2. The van der Waals surface area contributed by atoms with E-state index < -0.39 is 0 Å². The summed E-state index contributed by atoms with van der Waals surface area (Å²) in [5, 5.41) is 0. The molecule has 0 N–H and O–H groups in total. The number of pyridine rings is 1. The molecule has 4 nitrogen and oxygen atoms in total. The van der Waals surface area contributed by atoms with Crippen LogP contribution in [0.5, 0.6) is 0 Å². The standard InChI is InChI=1S/C13H9NO3/c1-6-3-8-10(14-5-6)12(16)13-9(11(8)15)4-7(2)17-13/h3-5H,1-2H3. The predicted molar refractivity (Wildman–Crippen MR) is 59.3 cm³/mol. The van der Waals surface area contributed by atoms with Crippen molar-refractivity contribution in [2.75, 3.05) is 0 Å². The fourth-order valence-electron chi connectivity index (χ4n) is 2.03. The maximum atomic E-state index is 12.2. The first-order valence-corrected chi connectivity index (χ1v) is 5.24. The number of rotatable bonds is 0. The van der Waals surface area contributed by atoms with Crippen LogP contribution in [0.15, 0.2) is 22.7 Å². The number of hydrogen-bond donors (Lipinski definition) is 0. The van der Waals surface area contributed by atoms with Crippen molar-refractivity contribution in [2.45, 2.75) is 13.8 Å². The molecular weight excluding hydrogens is 218 g/mol. The average molecular weight is 227 g/mol. The van der Waals surface area contributed by atoms with E-state index in [0.29, 0.717) is 16.9 Å². The first kappa shape index (κ1) is 9.96. The van der Waals surface area contributed by atoms with Crippen LogP contribution in [0, 0.1) is 13.8 Å². The summed E-state index contributed by atoms with van der Waals surface area (Å²) in [5.41, 5.74) is 1.74. The molecule has 0 saturated carbocycles. The molecule has 2 aromatic rings. The molecule has 0 bridgehead atoms.